The molecule has 0 saturated heterocycles. The maximum atomic E-state index is 12.8. The van der Waals surface area contributed by atoms with E-state index in [0.717, 1.165) is 24.7 Å². The summed E-state index contributed by atoms with van der Waals surface area (Å²) in [5, 5.41) is -0.250. The number of hydrogen-bond donors (Lipinski definition) is 0. The van der Waals surface area contributed by atoms with Crippen molar-refractivity contribution in [1.29, 1.82) is 0 Å². The highest BCUT2D eigenvalue weighted by Crippen LogP contribution is 2.37. The van der Waals surface area contributed by atoms with Gasteiger partial charge in [-0.15, -0.1) is 0 Å². The average molecular weight is 326 g/mol. The van der Waals surface area contributed by atoms with E-state index in [1.54, 1.807) is 0 Å². The highest BCUT2D eigenvalue weighted by atomic mass is 35.5. The smallest absolute Gasteiger partial charge is 0.367 e. The van der Waals surface area contributed by atoms with E-state index in [0.29, 0.717) is 6.54 Å². The number of hydrogen-bond acceptors (Lipinski definition) is 1. The van der Waals surface area contributed by atoms with Gasteiger partial charge >= 0.3 is 6.18 Å². The third-order valence-corrected chi connectivity index (χ3v) is 4.31. The van der Waals surface area contributed by atoms with Gasteiger partial charge in [0.2, 0.25) is 0 Å². The Morgan fingerprint density at radius 1 is 1.05 bits per heavy atom. The van der Waals surface area contributed by atoms with Crippen molar-refractivity contribution in [3.8, 4) is 0 Å². The van der Waals surface area contributed by atoms with Gasteiger partial charge in [-0.05, 0) is 42.7 Å². The molecule has 0 amide bonds. The van der Waals surface area contributed by atoms with Crippen LogP contribution in [0.5, 0.6) is 0 Å². The lowest BCUT2D eigenvalue weighted by atomic mass is 9.97. The number of nitrogens with zero attached hydrogens (tertiary/aromatic N) is 1. The van der Waals surface area contributed by atoms with Gasteiger partial charge in [-0.25, -0.2) is 0 Å². The first kappa shape index (κ1) is 15.2. The van der Waals surface area contributed by atoms with Gasteiger partial charge in [0, 0.05) is 18.8 Å². The van der Waals surface area contributed by atoms with E-state index in [1.165, 1.54) is 28.8 Å². The molecular weight excluding hydrogens is 311 g/mol. The van der Waals surface area contributed by atoms with Crippen LogP contribution in [0.3, 0.4) is 0 Å². The molecule has 0 unspecified atom stereocenters. The maximum Gasteiger partial charge on any atom is 0.417 e. The normalized spacial score (nSPS) is 14.9. The van der Waals surface area contributed by atoms with E-state index in [-0.39, 0.29) is 5.02 Å². The molecule has 0 aromatic heterocycles. The molecule has 1 aliphatic heterocycles. The molecule has 116 valence electrons. The van der Waals surface area contributed by atoms with E-state index >= 15 is 0 Å². The van der Waals surface area contributed by atoms with Crippen LogP contribution >= 0.6 is 11.6 Å². The fourth-order valence-corrected chi connectivity index (χ4v) is 3.12. The molecule has 0 N–H and O–H groups in total. The third-order valence-electron chi connectivity index (χ3n) is 4.00. The van der Waals surface area contributed by atoms with Crippen molar-refractivity contribution in [3.05, 3.63) is 63.7 Å². The summed E-state index contributed by atoms with van der Waals surface area (Å²) in [6.07, 6.45) is -3.53. The summed E-state index contributed by atoms with van der Waals surface area (Å²) in [4.78, 5) is 2.06. The van der Waals surface area contributed by atoms with Crippen molar-refractivity contribution in [2.24, 2.45) is 0 Å². The van der Waals surface area contributed by atoms with Crippen LogP contribution in [0.1, 0.15) is 22.3 Å². The van der Waals surface area contributed by atoms with Gasteiger partial charge in [-0.2, -0.15) is 13.2 Å². The molecule has 0 saturated carbocycles. The molecule has 1 nitrogen and oxygen atoms in total. The highest BCUT2D eigenvalue weighted by molar-refractivity contribution is 6.31. The molecule has 0 spiro atoms. The molecule has 1 aliphatic rings. The van der Waals surface area contributed by atoms with Crippen molar-refractivity contribution in [2.45, 2.75) is 26.1 Å². The molecule has 2 aromatic carbocycles. The van der Waals surface area contributed by atoms with Crippen LogP contribution in [0.25, 0.3) is 0 Å². The van der Waals surface area contributed by atoms with Gasteiger partial charge in [0.25, 0.3) is 0 Å². The number of alkyl halides is 3. The summed E-state index contributed by atoms with van der Waals surface area (Å²) in [6, 6.07) is 10.3. The van der Waals surface area contributed by atoms with Crippen LogP contribution in [-0.2, 0) is 19.1 Å². The molecule has 22 heavy (non-hydrogen) atoms. The zero-order valence-corrected chi connectivity index (χ0v) is 12.8. The largest absolute Gasteiger partial charge is 0.417 e. The fourth-order valence-electron chi connectivity index (χ4n) is 2.84. The van der Waals surface area contributed by atoms with Gasteiger partial charge in [0.15, 0.2) is 0 Å². The van der Waals surface area contributed by atoms with Gasteiger partial charge in [-0.3, -0.25) is 0 Å². The minimum Gasteiger partial charge on any atom is -0.367 e. The Morgan fingerprint density at radius 3 is 2.50 bits per heavy atom. The molecule has 3 rings (SSSR count). The van der Waals surface area contributed by atoms with Crippen LogP contribution in [-0.4, -0.2) is 6.54 Å². The van der Waals surface area contributed by atoms with Crippen molar-refractivity contribution in [1.82, 2.24) is 0 Å². The minimum absolute atomic E-state index is 0.250. The van der Waals surface area contributed by atoms with Crippen LogP contribution < -0.4 is 4.90 Å². The summed E-state index contributed by atoms with van der Waals surface area (Å²) < 4.78 is 38.3. The molecular formula is C17H15ClF3N. The Bertz CT molecular complexity index is 710. The standard InChI is InChI=1S/C17H15ClF3N/c1-11-2-3-12-6-7-22(10-13(12)8-11)14-4-5-15(16(18)9-14)17(19,20)21/h2-5,8-9H,6-7,10H2,1H3. The number of anilines is 1. The minimum atomic E-state index is -4.42. The molecule has 1 heterocycles. The van der Waals surface area contributed by atoms with Crippen LogP contribution in [0, 0.1) is 6.92 Å². The lowest BCUT2D eigenvalue weighted by molar-refractivity contribution is -0.137. The first-order chi connectivity index (χ1) is 10.3. The van der Waals surface area contributed by atoms with E-state index < -0.39 is 11.7 Å². The Morgan fingerprint density at radius 2 is 1.82 bits per heavy atom. The SMILES string of the molecule is Cc1ccc2c(c1)CN(c1ccc(C(F)(F)F)c(Cl)c1)CC2. The van der Waals surface area contributed by atoms with E-state index in [4.69, 9.17) is 11.6 Å². The second kappa shape index (κ2) is 5.51. The number of fused-ring (bicyclic) bond motifs is 1. The Kier molecular flexibility index (Phi) is 3.81. The topological polar surface area (TPSA) is 3.24 Å². The maximum absolute atomic E-state index is 12.8. The Labute approximate surface area is 132 Å². The molecule has 0 radical (unpaired) electrons. The van der Waals surface area contributed by atoms with Crippen LogP contribution in [0.4, 0.5) is 18.9 Å². The third kappa shape index (κ3) is 2.93. The quantitative estimate of drug-likeness (QED) is 0.694. The van der Waals surface area contributed by atoms with Crippen molar-refractivity contribution in [2.75, 3.05) is 11.4 Å². The van der Waals surface area contributed by atoms with Crippen LogP contribution in [0.15, 0.2) is 36.4 Å². The van der Waals surface area contributed by atoms with Crippen molar-refractivity contribution < 1.29 is 13.2 Å². The van der Waals surface area contributed by atoms with Gasteiger partial charge in [0.05, 0.1) is 10.6 Å². The van der Waals surface area contributed by atoms with Crippen molar-refractivity contribution >= 4 is 17.3 Å². The number of halogens is 4. The molecule has 0 atom stereocenters. The molecule has 0 aliphatic carbocycles. The molecule has 0 bridgehead atoms. The van der Waals surface area contributed by atoms with E-state index in [2.05, 4.69) is 23.1 Å². The second-order valence-electron chi connectivity index (χ2n) is 5.61. The zero-order chi connectivity index (χ0) is 15.9. The number of rotatable bonds is 1. The summed E-state index contributed by atoms with van der Waals surface area (Å²) in [5.74, 6) is 0. The van der Waals surface area contributed by atoms with Gasteiger partial charge < -0.3 is 4.90 Å². The summed E-state index contributed by atoms with van der Waals surface area (Å²) in [7, 11) is 0. The Balaban J connectivity index is 1.88. The summed E-state index contributed by atoms with van der Waals surface area (Å²) >= 11 is 5.81. The van der Waals surface area contributed by atoms with Crippen LogP contribution in [0.2, 0.25) is 5.02 Å². The summed E-state index contributed by atoms with van der Waals surface area (Å²) in [6.45, 7) is 3.50. The summed E-state index contributed by atoms with van der Waals surface area (Å²) in [5.41, 5.74) is 3.66. The average Bonchev–Trinajstić information content (AvgIpc) is 2.45. The molecule has 0 fully saturated rings. The second-order valence-corrected chi connectivity index (χ2v) is 6.01. The lowest BCUT2D eigenvalue weighted by Gasteiger charge is -2.31. The van der Waals surface area contributed by atoms with Gasteiger partial charge in [-0.1, -0.05) is 35.4 Å². The Hall–Kier alpha value is -1.68. The predicted octanol–water partition coefficient (Wildman–Crippen LogP) is 5.23. The predicted molar refractivity (Wildman–Crippen MR) is 82.4 cm³/mol. The first-order valence-electron chi connectivity index (χ1n) is 7.05. The monoisotopic (exact) mass is 325 g/mol. The fraction of sp³-hybridized carbons (Fsp3) is 0.294. The highest BCUT2D eigenvalue weighted by Gasteiger charge is 2.33. The first-order valence-corrected chi connectivity index (χ1v) is 7.42. The van der Waals surface area contributed by atoms with Crippen molar-refractivity contribution in [3.63, 3.8) is 0 Å². The lowest BCUT2D eigenvalue weighted by Crippen LogP contribution is -2.30. The number of aryl methyl sites for hydroxylation is 1. The molecule has 2 aromatic rings. The van der Waals surface area contributed by atoms with E-state index in [9.17, 15) is 13.2 Å². The zero-order valence-electron chi connectivity index (χ0n) is 12.0. The van der Waals surface area contributed by atoms with E-state index in [1.807, 2.05) is 6.92 Å². The number of benzene rings is 2. The molecule has 5 heteroatoms. The van der Waals surface area contributed by atoms with Gasteiger partial charge in [0.1, 0.15) is 0 Å².